The second-order valence-electron chi connectivity index (χ2n) is 6.55. The molecule has 2 saturated heterocycles. The summed E-state index contributed by atoms with van der Waals surface area (Å²) in [6.45, 7) is 5.18. The van der Waals surface area contributed by atoms with Crippen LogP contribution in [0.15, 0.2) is 30.3 Å². The number of fused-ring (bicyclic) bond motifs is 1. The minimum absolute atomic E-state index is 0.0887. The molecule has 2 aliphatic rings. The summed E-state index contributed by atoms with van der Waals surface area (Å²) >= 11 is 0. The van der Waals surface area contributed by atoms with Crippen molar-refractivity contribution in [3.8, 4) is 0 Å². The normalized spacial score (nSPS) is 27.6. The number of likely N-dealkylation sites (N-methyl/N-ethyl adjacent to an activating group) is 1. The maximum absolute atomic E-state index is 12.5. The molecule has 4 unspecified atom stereocenters. The Bertz CT molecular complexity index is 496. The monoisotopic (exact) mass is 317 g/mol. The average molecular weight is 317 g/mol. The molecule has 2 fully saturated rings. The van der Waals surface area contributed by atoms with Crippen LogP contribution in [0.5, 0.6) is 0 Å². The van der Waals surface area contributed by atoms with E-state index in [0.29, 0.717) is 24.5 Å². The highest BCUT2D eigenvalue weighted by molar-refractivity contribution is 5.82. The molecule has 23 heavy (non-hydrogen) atoms. The Morgan fingerprint density at radius 3 is 2.91 bits per heavy atom. The van der Waals surface area contributed by atoms with Gasteiger partial charge in [-0.3, -0.25) is 4.79 Å². The lowest BCUT2D eigenvalue weighted by molar-refractivity contribution is -0.123. The lowest BCUT2D eigenvalue weighted by atomic mass is 10.0. The predicted molar refractivity (Wildman–Crippen MR) is 90.3 cm³/mol. The summed E-state index contributed by atoms with van der Waals surface area (Å²) in [6.07, 6.45) is 1.81. The fourth-order valence-electron chi connectivity index (χ4n) is 3.59. The van der Waals surface area contributed by atoms with Crippen LogP contribution in [0.3, 0.4) is 0 Å². The molecule has 5 nitrogen and oxygen atoms in total. The molecule has 2 aliphatic heterocycles. The largest absolute Gasteiger partial charge is 0.379 e. The number of nitrogens with one attached hydrogen (secondary N) is 3. The Hall–Kier alpha value is -1.43. The number of ether oxygens (including phenoxy) is 1. The van der Waals surface area contributed by atoms with E-state index in [2.05, 4.69) is 28.1 Å². The quantitative estimate of drug-likeness (QED) is 0.693. The Labute approximate surface area is 138 Å². The molecule has 0 saturated carbocycles. The topological polar surface area (TPSA) is 62.4 Å². The summed E-state index contributed by atoms with van der Waals surface area (Å²) in [6, 6.07) is 10.8. The first-order chi connectivity index (χ1) is 11.3. The molecule has 0 bridgehead atoms. The van der Waals surface area contributed by atoms with Gasteiger partial charge in [0.2, 0.25) is 5.91 Å². The third-order valence-electron chi connectivity index (χ3n) is 4.81. The van der Waals surface area contributed by atoms with Crippen LogP contribution in [0.25, 0.3) is 0 Å². The highest BCUT2D eigenvalue weighted by Crippen LogP contribution is 2.25. The summed E-state index contributed by atoms with van der Waals surface area (Å²) in [5, 5.41) is 9.98. The predicted octanol–water partition coefficient (Wildman–Crippen LogP) is 0.700. The fraction of sp³-hybridized carbons (Fsp3) is 0.611. The highest BCUT2D eigenvalue weighted by Gasteiger charge is 2.37. The molecule has 1 aromatic carbocycles. The molecule has 0 radical (unpaired) electrons. The second kappa shape index (κ2) is 7.90. The van der Waals surface area contributed by atoms with Gasteiger partial charge in [-0.05, 0) is 24.9 Å². The van der Waals surface area contributed by atoms with E-state index in [1.54, 1.807) is 0 Å². The fourth-order valence-corrected chi connectivity index (χ4v) is 3.59. The SMILES string of the molecule is CCNC(Cc1ccccc1)C(=O)NCC1CC2COCC2N1. The molecule has 1 amide bonds. The minimum atomic E-state index is -0.174. The smallest absolute Gasteiger partial charge is 0.237 e. The van der Waals surface area contributed by atoms with E-state index >= 15 is 0 Å². The van der Waals surface area contributed by atoms with Crippen molar-refractivity contribution in [1.29, 1.82) is 0 Å². The number of hydrogen-bond donors (Lipinski definition) is 3. The van der Waals surface area contributed by atoms with Gasteiger partial charge in [0, 0.05) is 24.5 Å². The van der Waals surface area contributed by atoms with Crippen LogP contribution < -0.4 is 16.0 Å². The first-order valence-electron chi connectivity index (χ1n) is 8.65. The molecule has 0 aromatic heterocycles. The zero-order chi connectivity index (χ0) is 16.1. The summed E-state index contributed by atoms with van der Waals surface area (Å²) < 4.78 is 5.46. The average Bonchev–Trinajstić information content (AvgIpc) is 3.14. The van der Waals surface area contributed by atoms with Crippen molar-refractivity contribution >= 4 is 5.91 Å². The molecule has 3 rings (SSSR count). The molecule has 5 heteroatoms. The van der Waals surface area contributed by atoms with Gasteiger partial charge in [-0.15, -0.1) is 0 Å². The molecule has 0 spiro atoms. The lowest BCUT2D eigenvalue weighted by Gasteiger charge is -2.20. The van der Waals surface area contributed by atoms with Gasteiger partial charge in [0.1, 0.15) is 0 Å². The number of benzene rings is 1. The molecular formula is C18H27N3O2. The van der Waals surface area contributed by atoms with E-state index in [4.69, 9.17) is 4.74 Å². The summed E-state index contributed by atoms with van der Waals surface area (Å²) in [7, 11) is 0. The van der Waals surface area contributed by atoms with Gasteiger partial charge in [-0.2, -0.15) is 0 Å². The number of hydrogen-bond acceptors (Lipinski definition) is 4. The maximum atomic E-state index is 12.5. The van der Waals surface area contributed by atoms with Gasteiger partial charge >= 0.3 is 0 Å². The van der Waals surface area contributed by atoms with Gasteiger partial charge in [0.15, 0.2) is 0 Å². The van der Waals surface area contributed by atoms with Crippen LogP contribution in [0.2, 0.25) is 0 Å². The van der Waals surface area contributed by atoms with Crippen molar-refractivity contribution in [3.63, 3.8) is 0 Å². The van der Waals surface area contributed by atoms with Crippen LogP contribution in [0.4, 0.5) is 0 Å². The number of carbonyl (C=O) groups is 1. The van der Waals surface area contributed by atoms with Crippen molar-refractivity contribution < 1.29 is 9.53 Å². The van der Waals surface area contributed by atoms with Gasteiger partial charge in [-0.1, -0.05) is 37.3 Å². The van der Waals surface area contributed by atoms with Crippen LogP contribution in [-0.2, 0) is 16.0 Å². The molecule has 3 N–H and O–H groups in total. The zero-order valence-electron chi connectivity index (χ0n) is 13.8. The third kappa shape index (κ3) is 4.31. The third-order valence-corrected chi connectivity index (χ3v) is 4.81. The molecule has 4 atom stereocenters. The van der Waals surface area contributed by atoms with Crippen molar-refractivity contribution in [2.45, 2.75) is 37.9 Å². The zero-order valence-corrected chi connectivity index (χ0v) is 13.8. The Morgan fingerprint density at radius 1 is 1.35 bits per heavy atom. The summed E-state index contributed by atoms with van der Waals surface area (Å²) in [5.41, 5.74) is 1.18. The van der Waals surface area contributed by atoms with E-state index < -0.39 is 0 Å². The van der Waals surface area contributed by atoms with E-state index in [-0.39, 0.29) is 11.9 Å². The van der Waals surface area contributed by atoms with Gasteiger partial charge in [0.25, 0.3) is 0 Å². The molecule has 2 heterocycles. The van der Waals surface area contributed by atoms with E-state index in [9.17, 15) is 4.79 Å². The van der Waals surface area contributed by atoms with Crippen LogP contribution >= 0.6 is 0 Å². The minimum Gasteiger partial charge on any atom is -0.379 e. The van der Waals surface area contributed by atoms with Gasteiger partial charge < -0.3 is 20.7 Å². The number of amides is 1. The Kier molecular flexibility index (Phi) is 5.65. The highest BCUT2D eigenvalue weighted by atomic mass is 16.5. The van der Waals surface area contributed by atoms with Crippen LogP contribution in [0.1, 0.15) is 18.9 Å². The van der Waals surface area contributed by atoms with Crippen molar-refractivity contribution in [1.82, 2.24) is 16.0 Å². The summed E-state index contributed by atoms with van der Waals surface area (Å²) in [5.74, 6) is 0.705. The number of carbonyl (C=O) groups excluding carboxylic acids is 1. The van der Waals surface area contributed by atoms with Gasteiger partial charge in [-0.25, -0.2) is 0 Å². The van der Waals surface area contributed by atoms with E-state index in [1.807, 2.05) is 25.1 Å². The van der Waals surface area contributed by atoms with Crippen molar-refractivity contribution in [2.24, 2.45) is 5.92 Å². The Morgan fingerprint density at radius 2 is 2.17 bits per heavy atom. The molecule has 1 aromatic rings. The molecular weight excluding hydrogens is 290 g/mol. The standard InChI is InChI=1S/C18H27N3O2/c1-2-19-16(8-13-6-4-3-5-7-13)18(22)20-10-15-9-14-11-23-12-17(14)21-15/h3-7,14-17,19,21H,2,8-12H2,1H3,(H,20,22). The van der Waals surface area contributed by atoms with Gasteiger partial charge in [0.05, 0.1) is 19.3 Å². The van der Waals surface area contributed by atoms with Crippen molar-refractivity contribution in [2.75, 3.05) is 26.3 Å². The van der Waals surface area contributed by atoms with Crippen LogP contribution in [0, 0.1) is 5.92 Å². The first kappa shape index (κ1) is 16.4. The van der Waals surface area contributed by atoms with Crippen LogP contribution in [-0.4, -0.2) is 50.3 Å². The lowest BCUT2D eigenvalue weighted by Crippen LogP contribution is -2.49. The maximum Gasteiger partial charge on any atom is 0.237 e. The Balaban J connectivity index is 1.48. The summed E-state index contributed by atoms with van der Waals surface area (Å²) in [4.78, 5) is 12.5. The van der Waals surface area contributed by atoms with E-state index in [1.165, 1.54) is 5.56 Å². The van der Waals surface area contributed by atoms with E-state index in [0.717, 1.165) is 32.6 Å². The first-order valence-corrected chi connectivity index (χ1v) is 8.65. The number of rotatable bonds is 7. The second-order valence-corrected chi connectivity index (χ2v) is 6.55. The van der Waals surface area contributed by atoms with Crippen molar-refractivity contribution in [3.05, 3.63) is 35.9 Å². The molecule has 126 valence electrons. The molecule has 0 aliphatic carbocycles.